The van der Waals surface area contributed by atoms with Crippen molar-refractivity contribution in [3.05, 3.63) is 29.9 Å². The first-order valence-corrected chi connectivity index (χ1v) is 6.67. The number of hydrogen-bond acceptors (Lipinski definition) is 7. The molecular formula is C12H14N4O4S. The minimum Gasteiger partial charge on any atom is -0.474 e. The van der Waals surface area contributed by atoms with E-state index in [1.54, 1.807) is 29.9 Å². The molecule has 2 aromatic rings. The lowest BCUT2D eigenvalue weighted by molar-refractivity contribution is -0.147. The van der Waals surface area contributed by atoms with Crippen LogP contribution in [0.5, 0.6) is 0 Å². The van der Waals surface area contributed by atoms with Gasteiger partial charge in [-0.2, -0.15) is 0 Å². The maximum atomic E-state index is 10.9. The molecule has 21 heavy (non-hydrogen) atoms. The van der Waals surface area contributed by atoms with Crippen LogP contribution in [0.2, 0.25) is 0 Å². The van der Waals surface area contributed by atoms with Crippen LogP contribution in [0, 0.1) is 0 Å². The molecule has 112 valence electrons. The number of aliphatic hydroxyl groups is 1. The minimum atomic E-state index is -1.54. The third-order valence-corrected chi connectivity index (χ3v) is 2.78. The van der Waals surface area contributed by atoms with Gasteiger partial charge in [0.2, 0.25) is 0 Å². The van der Waals surface area contributed by atoms with E-state index in [0.717, 1.165) is 16.9 Å². The Labute approximate surface area is 124 Å². The van der Waals surface area contributed by atoms with Crippen molar-refractivity contribution in [3.8, 4) is 11.3 Å². The standard InChI is InChI=1S/C10H7N3O3S.C2H7NO/c14-8(9(15)16)13-10-12-7(5-17-10)6-1-3-11-4-2-6;3-1-2-4/h1-5H,(H,15,16)(H,12,13,14);4H,1-3H2. The fourth-order valence-corrected chi connectivity index (χ4v) is 1.85. The summed E-state index contributed by atoms with van der Waals surface area (Å²) in [5, 5.41) is 20.3. The molecule has 0 aliphatic carbocycles. The van der Waals surface area contributed by atoms with E-state index < -0.39 is 11.9 Å². The van der Waals surface area contributed by atoms with Gasteiger partial charge in [-0.15, -0.1) is 11.3 Å². The fraction of sp³-hybridized carbons (Fsp3) is 0.167. The van der Waals surface area contributed by atoms with Gasteiger partial charge < -0.3 is 15.9 Å². The maximum Gasteiger partial charge on any atom is 0.394 e. The number of carboxylic acid groups (broad SMARTS) is 1. The van der Waals surface area contributed by atoms with Crippen LogP contribution in [0.15, 0.2) is 29.9 Å². The SMILES string of the molecule is NCCO.O=C(O)C(=O)Nc1nc(-c2ccncc2)cs1. The average Bonchev–Trinajstić information content (AvgIpc) is 2.97. The molecule has 0 atom stereocenters. The molecule has 0 spiro atoms. The number of amides is 1. The number of nitrogens with two attached hydrogens (primary N) is 1. The molecule has 5 N–H and O–H groups in total. The molecule has 0 fully saturated rings. The Morgan fingerprint density at radius 1 is 1.33 bits per heavy atom. The summed E-state index contributed by atoms with van der Waals surface area (Å²) >= 11 is 1.16. The van der Waals surface area contributed by atoms with Crippen LogP contribution in [0.4, 0.5) is 5.13 Å². The number of pyridine rings is 1. The predicted molar refractivity (Wildman–Crippen MR) is 77.8 cm³/mol. The van der Waals surface area contributed by atoms with Crippen LogP contribution in [0.1, 0.15) is 0 Å². The quantitative estimate of drug-likeness (QED) is 0.592. The van der Waals surface area contributed by atoms with E-state index >= 15 is 0 Å². The third kappa shape index (κ3) is 5.65. The first kappa shape index (κ1) is 16.7. The van der Waals surface area contributed by atoms with Crippen molar-refractivity contribution in [2.24, 2.45) is 5.73 Å². The molecule has 2 heterocycles. The van der Waals surface area contributed by atoms with E-state index in [2.05, 4.69) is 15.3 Å². The minimum absolute atomic E-state index is 0.0972. The Hall–Kier alpha value is -2.36. The zero-order valence-corrected chi connectivity index (χ0v) is 11.7. The van der Waals surface area contributed by atoms with Crippen molar-refractivity contribution < 1.29 is 19.8 Å². The molecule has 0 aromatic carbocycles. The number of rotatable bonds is 3. The second kappa shape index (κ2) is 8.74. The second-order valence-corrected chi connectivity index (χ2v) is 4.40. The highest BCUT2D eigenvalue weighted by atomic mass is 32.1. The maximum absolute atomic E-state index is 10.9. The lowest BCUT2D eigenvalue weighted by Crippen LogP contribution is -2.21. The normalized spacial score (nSPS) is 9.43. The van der Waals surface area contributed by atoms with Gasteiger partial charge in [0.05, 0.1) is 12.3 Å². The number of nitrogens with zero attached hydrogens (tertiary/aromatic N) is 2. The molecule has 9 heteroatoms. The number of hydrogen-bond donors (Lipinski definition) is 4. The Morgan fingerprint density at radius 2 is 1.95 bits per heavy atom. The molecule has 0 saturated heterocycles. The number of aliphatic carboxylic acids is 1. The number of anilines is 1. The van der Waals surface area contributed by atoms with Gasteiger partial charge in [-0.3, -0.25) is 15.1 Å². The van der Waals surface area contributed by atoms with Crippen molar-refractivity contribution >= 4 is 28.3 Å². The summed E-state index contributed by atoms with van der Waals surface area (Å²) in [6.45, 7) is 0.472. The predicted octanol–water partition coefficient (Wildman–Crippen LogP) is 0.166. The van der Waals surface area contributed by atoms with Crippen LogP contribution >= 0.6 is 11.3 Å². The zero-order chi connectivity index (χ0) is 15.7. The number of aliphatic hydroxyl groups excluding tert-OH is 1. The number of aromatic nitrogens is 2. The van der Waals surface area contributed by atoms with Gasteiger partial charge >= 0.3 is 11.9 Å². The van der Waals surface area contributed by atoms with E-state index in [1.165, 1.54) is 0 Å². The van der Waals surface area contributed by atoms with E-state index in [-0.39, 0.29) is 11.7 Å². The molecule has 0 bridgehead atoms. The van der Waals surface area contributed by atoms with Crippen LogP contribution < -0.4 is 11.1 Å². The van der Waals surface area contributed by atoms with Crippen LogP contribution in [0.3, 0.4) is 0 Å². The third-order valence-electron chi connectivity index (χ3n) is 2.02. The molecule has 0 radical (unpaired) electrons. The van der Waals surface area contributed by atoms with Crippen LogP contribution in [0.25, 0.3) is 11.3 Å². The highest BCUT2D eigenvalue weighted by Crippen LogP contribution is 2.23. The average molecular weight is 310 g/mol. The highest BCUT2D eigenvalue weighted by Gasteiger charge is 2.13. The largest absolute Gasteiger partial charge is 0.474 e. The van der Waals surface area contributed by atoms with Gasteiger partial charge in [-0.25, -0.2) is 9.78 Å². The Kier molecular flexibility index (Phi) is 6.95. The molecule has 0 saturated carbocycles. The summed E-state index contributed by atoms with van der Waals surface area (Å²) in [6, 6.07) is 3.55. The van der Waals surface area contributed by atoms with Crippen molar-refractivity contribution in [3.63, 3.8) is 0 Å². The summed E-state index contributed by atoms with van der Waals surface area (Å²) in [4.78, 5) is 29.2. The van der Waals surface area contributed by atoms with Gasteiger partial charge in [0.15, 0.2) is 5.13 Å². The van der Waals surface area contributed by atoms with Crippen molar-refractivity contribution in [1.82, 2.24) is 9.97 Å². The lowest BCUT2D eigenvalue weighted by Gasteiger charge is -1.95. The summed E-state index contributed by atoms with van der Waals surface area (Å²) in [7, 11) is 0. The molecule has 2 aromatic heterocycles. The molecule has 2 rings (SSSR count). The van der Waals surface area contributed by atoms with Gasteiger partial charge in [-0.05, 0) is 12.1 Å². The summed E-state index contributed by atoms with van der Waals surface area (Å²) in [5.41, 5.74) is 6.30. The van der Waals surface area contributed by atoms with Crippen LogP contribution in [-0.4, -0.2) is 45.2 Å². The summed E-state index contributed by atoms with van der Waals surface area (Å²) in [5.74, 6) is -2.63. The Morgan fingerprint density at radius 3 is 2.48 bits per heavy atom. The van der Waals surface area contributed by atoms with Gasteiger partial charge in [0.1, 0.15) is 0 Å². The van der Waals surface area contributed by atoms with Gasteiger partial charge in [-0.1, -0.05) is 0 Å². The van der Waals surface area contributed by atoms with E-state index in [0.29, 0.717) is 12.2 Å². The number of thiazole rings is 1. The Balaban J connectivity index is 0.000000491. The summed E-state index contributed by atoms with van der Waals surface area (Å²) < 4.78 is 0. The molecule has 0 aliphatic heterocycles. The first-order valence-electron chi connectivity index (χ1n) is 5.79. The number of carbonyl (C=O) groups is 2. The lowest BCUT2D eigenvalue weighted by atomic mass is 10.2. The molecule has 0 aliphatic rings. The van der Waals surface area contributed by atoms with E-state index in [4.69, 9.17) is 15.9 Å². The van der Waals surface area contributed by atoms with Crippen molar-refractivity contribution in [2.45, 2.75) is 0 Å². The molecule has 1 amide bonds. The summed E-state index contributed by atoms with van der Waals surface area (Å²) in [6.07, 6.45) is 3.26. The second-order valence-electron chi connectivity index (χ2n) is 3.55. The van der Waals surface area contributed by atoms with E-state index in [9.17, 15) is 9.59 Å². The van der Waals surface area contributed by atoms with Gasteiger partial charge in [0.25, 0.3) is 0 Å². The smallest absolute Gasteiger partial charge is 0.394 e. The van der Waals surface area contributed by atoms with Crippen LogP contribution in [-0.2, 0) is 9.59 Å². The molecule has 8 nitrogen and oxygen atoms in total. The zero-order valence-electron chi connectivity index (χ0n) is 10.9. The van der Waals surface area contributed by atoms with Crippen molar-refractivity contribution in [2.75, 3.05) is 18.5 Å². The highest BCUT2D eigenvalue weighted by molar-refractivity contribution is 7.14. The van der Waals surface area contributed by atoms with Crippen molar-refractivity contribution in [1.29, 1.82) is 0 Å². The van der Waals surface area contributed by atoms with Gasteiger partial charge in [0, 0.05) is 29.9 Å². The first-order chi connectivity index (χ1) is 10.1. The topological polar surface area (TPSA) is 138 Å². The molecular weight excluding hydrogens is 296 g/mol. The monoisotopic (exact) mass is 310 g/mol. The number of carbonyl (C=O) groups excluding carboxylic acids is 1. The fourth-order valence-electron chi connectivity index (χ4n) is 1.14. The number of carboxylic acids is 1. The molecule has 0 unspecified atom stereocenters. The van der Waals surface area contributed by atoms with E-state index in [1.807, 2.05) is 0 Å². The Bertz CT molecular complexity index is 586. The number of nitrogens with one attached hydrogen (secondary N) is 1.